The first-order valence-electron chi connectivity index (χ1n) is 9.35. The fourth-order valence-corrected chi connectivity index (χ4v) is 2.68. The third-order valence-corrected chi connectivity index (χ3v) is 3.63. The molecule has 4 rings (SSSR count). The largest absolute Gasteiger partial charge is 0.304 e. The summed E-state index contributed by atoms with van der Waals surface area (Å²) in [6.45, 7) is 13.4. The quantitative estimate of drug-likeness (QED) is 0.146. The fourth-order valence-electron chi connectivity index (χ4n) is 2.68. The number of hydrogen-bond donors (Lipinski definition) is 0. The number of fused-ring (bicyclic) bond motifs is 2. The van der Waals surface area contributed by atoms with E-state index in [-0.39, 0.29) is 20.4 Å². The van der Waals surface area contributed by atoms with Crippen molar-refractivity contribution in [2.75, 3.05) is 40.0 Å². The van der Waals surface area contributed by atoms with E-state index in [4.69, 9.17) is 0 Å². The predicted octanol–water partition coefficient (Wildman–Crippen LogP) is 7.57. The molecule has 0 fully saturated rings. The monoisotopic (exact) mass is 512 g/mol. The van der Waals surface area contributed by atoms with E-state index >= 15 is 0 Å². The summed E-state index contributed by atoms with van der Waals surface area (Å²) in [6, 6.07) is 26.2. The molecule has 0 bridgehead atoms. The second-order valence-electron chi connectivity index (χ2n) is 7.50. The molecule has 29 heavy (non-hydrogen) atoms. The second kappa shape index (κ2) is 13.2. The van der Waals surface area contributed by atoms with Gasteiger partial charge in [0, 0.05) is 26.6 Å². The molecule has 0 saturated heterocycles. The average molecular weight is 513 g/mol. The molecule has 0 aliphatic carbocycles. The number of rotatable bonds is 1. The first-order chi connectivity index (χ1) is 13.4. The zero-order chi connectivity index (χ0) is 20.5. The van der Waals surface area contributed by atoms with Gasteiger partial charge in [-0.1, -0.05) is 53.9 Å². The maximum atomic E-state index is 4.60. The van der Waals surface area contributed by atoms with Gasteiger partial charge in [0.25, 0.3) is 0 Å². The summed E-state index contributed by atoms with van der Waals surface area (Å²) in [7, 11) is 0.759. The molecular weight excluding hydrogens is 483 g/mol. The van der Waals surface area contributed by atoms with E-state index in [1.54, 1.807) is 0 Å². The first kappa shape index (κ1) is 25.9. The Morgan fingerprint density at radius 1 is 0.655 bits per heavy atom. The maximum absolute atomic E-state index is 4.60. The summed E-state index contributed by atoms with van der Waals surface area (Å²) >= 11 is 0. The van der Waals surface area contributed by atoms with Crippen molar-refractivity contribution in [1.29, 1.82) is 0 Å². The summed E-state index contributed by atoms with van der Waals surface area (Å²) in [5.41, 5.74) is 2.07. The van der Waals surface area contributed by atoms with Crippen LogP contribution < -0.4 is 0 Å². The minimum Gasteiger partial charge on any atom is -0.304 e. The van der Waals surface area contributed by atoms with Crippen LogP contribution in [0.5, 0.6) is 0 Å². The molecule has 1 heterocycles. The molecule has 0 spiro atoms. The number of pyridine rings is 1. The fraction of sp³-hybridized carbons (Fsp3) is 0.240. The van der Waals surface area contributed by atoms with Crippen LogP contribution in [0, 0.1) is 6.07 Å². The van der Waals surface area contributed by atoms with E-state index in [2.05, 4.69) is 106 Å². The molecule has 1 nitrogen and oxygen atoms in total. The van der Waals surface area contributed by atoms with Crippen molar-refractivity contribution in [3.8, 4) is 11.3 Å². The normalized spacial score (nSPS) is 10.1. The molecule has 0 saturated carbocycles. The summed E-state index contributed by atoms with van der Waals surface area (Å²) in [4.78, 5) is 4.60. The van der Waals surface area contributed by atoms with Gasteiger partial charge in [-0.15, -0.1) is 45.0 Å². The maximum Gasteiger partial charge on any atom is 0.0167 e. The Bertz CT molecular complexity index is 916. The average Bonchev–Trinajstić information content (AvgIpc) is 2.66. The van der Waals surface area contributed by atoms with E-state index in [0.717, 1.165) is 11.3 Å². The van der Waals surface area contributed by atoms with Gasteiger partial charge >= 0.3 is 0 Å². The van der Waals surface area contributed by atoms with Crippen molar-refractivity contribution in [2.24, 2.45) is 0 Å². The molecule has 4 aromatic rings. The van der Waals surface area contributed by atoms with Crippen LogP contribution in [0.3, 0.4) is 0 Å². The molecule has 4 heteroatoms. The van der Waals surface area contributed by atoms with Gasteiger partial charge in [-0.2, -0.15) is 0 Å². The van der Waals surface area contributed by atoms with Gasteiger partial charge in [0.2, 0.25) is 0 Å². The molecule has 0 unspecified atom stereocenters. The standard InChI is InChI=1S/C19H12N.2C3H9P.Pd/c1-3-9-16-14(6-1)8-5-11-18(16)19-17-10-4-2-7-15(17)12-13-20-19;2*1-4(2)3;/h1-10,12-13H;2*1-3H3;/q-1;;;. The molecule has 0 atom stereocenters. The van der Waals surface area contributed by atoms with E-state index < -0.39 is 0 Å². The zero-order valence-electron chi connectivity index (χ0n) is 18.1. The van der Waals surface area contributed by atoms with Crippen molar-refractivity contribution in [2.45, 2.75) is 0 Å². The molecule has 0 N–H and O–H groups in total. The Labute approximate surface area is 192 Å². The smallest absolute Gasteiger partial charge is 0.0167 e. The van der Waals surface area contributed by atoms with Crippen LogP contribution in [-0.2, 0) is 20.4 Å². The number of benzene rings is 3. The Balaban J connectivity index is 0.000000405. The van der Waals surface area contributed by atoms with Crippen LogP contribution in [0.2, 0.25) is 0 Å². The van der Waals surface area contributed by atoms with Gasteiger partial charge in [-0.3, -0.25) is 0 Å². The first-order valence-corrected chi connectivity index (χ1v) is 14.7. The van der Waals surface area contributed by atoms with E-state index in [1.165, 1.54) is 21.5 Å². The summed E-state index contributed by atoms with van der Waals surface area (Å²) in [5.74, 6) is 0. The minimum absolute atomic E-state index is 0. The zero-order valence-corrected chi connectivity index (χ0v) is 21.4. The van der Waals surface area contributed by atoms with Gasteiger partial charge in [0.05, 0.1) is 0 Å². The second-order valence-corrected chi connectivity index (χ2v) is 12.9. The van der Waals surface area contributed by atoms with Crippen LogP contribution in [0.15, 0.2) is 72.9 Å². The Morgan fingerprint density at radius 2 is 1.14 bits per heavy atom. The number of aromatic nitrogens is 1. The predicted molar refractivity (Wildman–Crippen MR) is 133 cm³/mol. The van der Waals surface area contributed by atoms with Crippen LogP contribution in [0.25, 0.3) is 32.8 Å². The van der Waals surface area contributed by atoms with Crippen molar-refractivity contribution in [1.82, 2.24) is 4.98 Å². The van der Waals surface area contributed by atoms with Crippen molar-refractivity contribution in [3.63, 3.8) is 0 Å². The van der Waals surface area contributed by atoms with Crippen molar-refractivity contribution < 1.29 is 20.4 Å². The Hall–Kier alpha value is -1.15. The van der Waals surface area contributed by atoms with Crippen LogP contribution in [0.1, 0.15) is 0 Å². The summed E-state index contributed by atoms with van der Waals surface area (Å²) in [5, 5.41) is 4.79. The van der Waals surface area contributed by atoms with E-state index in [0.29, 0.717) is 15.8 Å². The van der Waals surface area contributed by atoms with Gasteiger partial charge in [-0.25, -0.2) is 0 Å². The topological polar surface area (TPSA) is 12.9 Å². The van der Waals surface area contributed by atoms with Gasteiger partial charge in [-0.05, 0) is 62.5 Å². The van der Waals surface area contributed by atoms with Gasteiger partial charge in [0.1, 0.15) is 0 Å². The number of nitrogens with zero attached hydrogens (tertiary/aromatic N) is 1. The molecule has 0 aliphatic heterocycles. The van der Waals surface area contributed by atoms with Crippen molar-refractivity contribution in [3.05, 3.63) is 79.0 Å². The van der Waals surface area contributed by atoms with Crippen LogP contribution >= 0.6 is 15.8 Å². The molecule has 3 aromatic carbocycles. The molecule has 156 valence electrons. The van der Waals surface area contributed by atoms with Crippen molar-refractivity contribution >= 4 is 37.4 Å². The van der Waals surface area contributed by atoms with Gasteiger partial charge < -0.3 is 4.98 Å². The van der Waals surface area contributed by atoms with Crippen LogP contribution in [0.4, 0.5) is 0 Å². The molecule has 0 radical (unpaired) electrons. The SMILES string of the molecule is CP(C)C.CP(C)C.[Pd].[c-]1ccc2ccccc2c1-c1nccc2ccccc12. The third-order valence-electron chi connectivity index (χ3n) is 3.63. The number of hydrogen-bond acceptors (Lipinski definition) is 1. The Kier molecular flexibility index (Phi) is 11.8. The Morgan fingerprint density at radius 3 is 1.72 bits per heavy atom. The van der Waals surface area contributed by atoms with Gasteiger partial charge in [0.15, 0.2) is 0 Å². The summed E-state index contributed by atoms with van der Waals surface area (Å²) in [6.07, 6.45) is 1.87. The van der Waals surface area contributed by atoms with E-state index in [9.17, 15) is 0 Å². The molecular formula is C25H30NP2Pd-. The third kappa shape index (κ3) is 8.24. The minimum atomic E-state index is 0. The molecule has 1 aromatic heterocycles. The van der Waals surface area contributed by atoms with E-state index in [1.807, 2.05) is 18.3 Å². The molecule has 0 amide bonds. The summed E-state index contributed by atoms with van der Waals surface area (Å²) < 4.78 is 0. The van der Waals surface area contributed by atoms with Crippen LogP contribution in [-0.4, -0.2) is 45.0 Å². The molecule has 0 aliphatic rings.